The van der Waals surface area contributed by atoms with Crippen LogP contribution < -0.4 is 16.8 Å². The number of aromatic amines is 1. The molecule has 4 rings (SSSR count). The van der Waals surface area contributed by atoms with E-state index >= 15 is 0 Å². The Bertz CT molecular complexity index is 1110. The van der Waals surface area contributed by atoms with Crippen molar-refractivity contribution >= 4 is 28.2 Å². The minimum Gasteiger partial charge on any atom is -0.399 e. The summed E-state index contributed by atoms with van der Waals surface area (Å²) in [5.41, 5.74) is 17.4. The van der Waals surface area contributed by atoms with Crippen molar-refractivity contribution in [2.24, 2.45) is 5.73 Å². The van der Waals surface area contributed by atoms with Crippen LogP contribution in [0.15, 0.2) is 79.0 Å². The van der Waals surface area contributed by atoms with Gasteiger partial charge < -0.3 is 21.8 Å². The average Bonchev–Trinajstić information content (AvgIpc) is 3.12. The summed E-state index contributed by atoms with van der Waals surface area (Å²) in [6.45, 7) is 0. The Morgan fingerprint density at radius 1 is 0.964 bits per heavy atom. The molecule has 1 amide bonds. The second-order valence-corrected chi connectivity index (χ2v) is 6.83. The molecule has 1 atom stereocenters. The average molecular weight is 370 g/mol. The predicted octanol–water partition coefficient (Wildman–Crippen LogP) is 3.93. The van der Waals surface area contributed by atoms with Gasteiger partial charge in [-0.2, -0.15) is 0 Å². The summed E-state index contributed by atoms with van der Waals surface area (Å²) in [7, 11) is 0. The molecular weight excluding hydrogens is 348 g/mol. The Balaban J connectivity index is 1.53. The third-order valence-electron chi connectivity index (χ3n) is 4.86. The summed E-state index contributed by atoms with van der Waals surface area (Å²) in [4.78, 5) is 16.0. The van der Waals surface area contributed by atoms with E-state index in [1.165, 1.54) is 0 Å². The van der Waals surface area contributed by atoms with Gasteiger partial charge in [-0.3, -0.25) is 4.79 Å². The normalized spacial score (nSPS) is 12.0. The van der Waals surface area contributed by atoms with Crippen LogP contribution in [0.3, 0.4) is 0 Å². The summed E-state index contributed by atoms with van der Waals surface area (Å²) in [6, 6.07) is 22.6. The number of para-hydroxylation sites is 2. The summed E-state index contributed by atoms with van der Waals surface area (Å²) in [5.74, 6) is -0.215. The maximum atomic E-state index is 12.7. The van der Waals surface area contributed by atoms with Gasteiger partial charge in [-0.1, -0.05) is 48.5 Å². The number of anilines is 2. The van der Waals surface area contributed by atoms with Crippen LogP contribution in [-0.2, 0) is 11.2 Å². The third kappa shape index (κ3) is 3.61. The van der Waals surface area contributed by atoms with Gasteiger partial charge in [0.1, 0.15) is 0 Å². The zero-order valence-electron chi connectivity index (χ0n) is 15.4. The maximum Gasteiger partial charge on any atom is 0.241 e. The Labute approximate surface area is 163 Å². The number of aromatic nitrogens is 1. The highest BCUT2D eigenvalue weighted by Gasteiger charge is 2.17. The monoisotopic (exact) mass is 370 g/mol. The number of amides is 1. The molecule has 0 spiro atoms. The molecule has 140 valence electrons. The first kappa shape index (κ1) is 17.8. The molecule has 0 bridgehead atoms. The molecule has 1 aromatic heterocycles. The molecule has 4 aromatic rings. The Morgan fingerprint density at radius 3 is 2.50 bits per heavy atom. The van der Waals surface area contributed by atoms with E-state index < -0.39 is 6.04 Å². The fraction of sp³-hybridized carbons (Fsp3) is 0.0870. The highest BCUT2D eigenvalue weighted by Crippen LogP contribution is 2.28. The number of nitrogen functional groups attached to an aromatic ring is 1. The smallest absolute Gasteiger partial charge is 0.241 e. The molecule has 0 fully saturated rings. The molecule has 0 radical (unpaired) electrons. The standard InChI is InChI=1S/C23H22N4O/c24-17-11-9-15(10-12-17)18-5-2-4-8-22(18)27-23(28)20(25)13-16-14-26-21-7-3-1-6-19(16)21/h1-12,14,20,26H,13,24-25H2,(H,27,28). The lowest BCUT2D eigenvalue weighted by Crippen LogP contribution is -2.37. The summed E-state index contributed by atoms with van der Waals surface area (Å²) >= 11 is 0. The van der Waals surface area contributed by atoms with Crippen molar-refractivity contribution in [1.82, 2.24) is 4.98 Å². The zero-order chi connectivity index (χ0) is 19.5. The lowest BCUT2D eigenvalue weighted by Gasteiger charge is -2.15. The number of H-pyrrole nitrogens is 1. The Hall–Kier alpha value is -3.57. The minimum absolute atomic E-state index is 0.215. The molecule has 0 saturated heterocycles. The predicted molar refractivity (Wildman–Crippen MR) is 115 cm³/mol. The van der Waals surface area contributed by atoms with E-state index in [-0.39, 0.29) is 5.91 Å². The van der Waals surface area contributed by atoms with Gasteiger partial charge in [-0.05, 0) is 41.8 Å². The summed E-state index contributed by atoms with van der Waals surface area (Å²) in [6.07, 6.45) is 2.38. The van der Waals surface area contributed by atoms with Gasteiger partial charge in [0, 0.05) is 34.0 Å². The van der Waals surface area contributed by atoms with Gasteiger partial charge in [0.05, 0.1) is 6.04 Å². The van der Waals surface area contributed by atoms with Crippen LogP contribution in [0, 0.1) is 0 Å². The molecule has 0 aliphatic rings. The van der Waals surface area contributed by atoms with E-state index in [0.29, 0.717) is 12.1 Å². The minimum atomic E-state index is -0.654. The fourth-order valence-corrected chi connectivity index (χ4v) is 3.36. The van der Waals surface area contributed by atoms with E-state index in [1.807, 2.05) is 79.0 Å². The van der Waals surface area contributed by atoms with Crippen molar-refractivity contribution in [2.75, 3.05) is 11.1 Å². The molecule has 3 aromatic carbocycles. The van der Waals surface area contributed by atoms with Crippen LogP contribution in [-0.4, -0.2) is 16.9 Å². The van der Waals surface area contributed by atoms with Crippen LogP contribution in [0.4, 0.5) is 11.4 Å². The number of fused-ring (bicyclic) bond motifs is 1. The Morgan fingerprint density at radius 2 is 1.68 bits per heavy atom. The first-order valence-electron chi connectivity index (χ1n) is 9.18. The third-order valence-corrected chi connectivity index (χ3v) is 4.86. The number of nitrogens with one attached hydrogen (secondary N) is 2. The van der Waals surface area contributed by atoms with Crippen molar-refractivity contribution in [3.05, 3.63) is 84.6 Å². The first-order valence-corrected chi connectivity index (χ1v) is 9.18. The molecule has 5 nitrogen and oxygen atoms in total. The maximum absolute atomic E-state index is 12.7. The Kier molecular flexibility index (Phi) is 4.83. The van der Waals surface area contributed by atoms with E-state index in [9.17, 15) is 4.79 Å². The van der Waals surface area contributed by atoms with Crippen LogP contribution in [0.5, 0.6) is 0 Å². The van der Waals surface area contributed by atoms with Gasteiger partial charge in [-0.25, -0.2) is 0 Å². The van der Waals surface area contributed by atoms with Crippen molar-refractivity contribution in [3.63, 3.8) is 0 Å². The zero-order valence-corrected chi connectivity index (χ0v) is 15.4. The molecule has 0 saturated carbocycles. The van der Waals surface area contributed by atoms with Crippen LogP contribution in [0.25, 0.3) is 22.0 Å². The molecule has 28 heavy (non-hydrogen) atoms. The van der Waals surface area contributed by atoms with E-state index in [4.69, 9.17) is 11.5 Å². The van der Waals surface area contributed by atoms with Crippen LogP contribution in [0.2, 0.25) is 0 Å². The quantitative estimate of drug-likeness (QED) is 0.401. The van der Waals surface area contributed by atoms with E-state index in [0.717, 1.165) is 33.3 Å². The highest BCUT2D eigenvalue weighted by atomic mass is 16.2. The highest BCUT2D eigenvalue weighted by molar-refractivity contribution is 5.99. The lowest BCUT2D eigenvalue weighted by atomic mass is 10.0. The van der Waals surface area contributed by atoms with Crippen molar-refractivity contribution < 1.29 is 4.79 Å². The lowest BCUT2D eigenvalue weighted by molar-refractivity contribution is -0.117. The largest absolute Gasteiger partial charge is 0.399 e. The molecule has 0 aliphatic heterocycles. The van der Waals surface area contributed by atoms with Gasteiger partial charge >= 0.3 is 0 Å². The van der Waals surface area contributed by atoms with Crippen LogP contribution >= 0.6 is 0 Å². The van der Waals surface area contributed by atoms with Gasteiger partial charge in [-0.15, -0.1) is 0 Å². The second kappa shape index (κ2) is 7.58. The topological polar surface area (TPSA) is 96.9 Å². The summed E-state index contributed by atoms with van der Waals surface area (Å²) in [5, 5.41) is 4.07. The number of hydrogen-bond acceptors (Lipinski definition) is 3. The van der Waals surface area contributed by atoms with E-state index in [2.05, 4.69) is 10.3 Å². The van der Waals surface area contributed by atoms with Gasteiger partial charge in [0.15, 0.2) is 0 Å². The number of benzene rings is 3. The molecule has 1 heterocycles. The van der Waals surface area contributed by atoms with Crippen molar-refractivity contribution in [3.8, 4) is 11.1 Å². The molecular formula is C23H22N4O. The number of carbonyl (C=O) groups excluding carboxylic acids is 1. The molecule has 5 heteroatoms. The second-order valence-electron chi connectivity index (χ2n) is 6.83. The number of hydrogen-bond donors (Lipinski definition) is 4. The van der Waals surface area contributed by atoms with Gasteiger partial charge in [0.2, 0.25) is 5.91 Å². The molecule has 6 N–H and O–H groups in total. The SMILES string of the molecule is Nc1ccc(-c2ccccc2NC(=O)C(N)Cc2c[nH]c3ccccc23)cc1. The molecule has 1 unspecified atom stereocenters. The number of nitrogens with two attached hydrogens (primary N) is 2. The number of rotatable bonds is 5. The number of carbonyl (C=O) groups is 1. The van der Waals surface area contributed by atoms with Crippen LogP contribution in [0.1, 0.15) is 5.56 Å². The van der Waals surface area contributed by atoms with Crippen molar-refractivity contribution in [1.29, 1.82) is 0 Å². The fourth-order valence-electron chi connectivity index (χ4n) is 3.36. The van der Waals surface area contributed by atoms with Gasteiger partial charge in [0.25, 0.3) is 0 Å². The first-order chi connectivity index (χ1) is 13.6. The molecule has 0 aliphatic carbocycles. The van der Waals surface area contributed by atoms with E-state index in [1.54, 1.807) is 0 Å². The van der Waals surface area contributed by atoms with Crippen molar-refractivity contribution in [2.45, 2.75) is 12.5 Å². The summed E-state index contributed by atoms with van der Waals surface area (Å²) < 4.78 is 0.